The molecule has 2 heterocycles. The molecule has 0 bridgehead atoms. The molecule has 1 aliphatic rings. The Kier molecular flexibility index (Phi) is 3.79. The standard InChI is InChI=1S/C15H17N3O3/c16-17-15(19)11-8-12(21-10-11)9-18-6-3-7-20-14-5-2-1-4-13(14)18/h1-2,4-5,8,10H,3,6-7,9,16H2,(H,17,19). The topological polar surface area (TPSA) is 80.7 Å². The molecule has 21 heavy (non-hydrogen) atoms. The molecule has 1 amide bonds. The molecule has 0 spiro atoms. The summed E-state index contributed by atoms with van der Waals surface area (Å²) in [6, 6.07) is 9.63. The number of anilines is 1. The SMILES string of the molecule is NNC(=O)c1coc(CN2CCCOc3ccccc32)c1. The van der Waals surface area contributed by atoms with Gasteiger partial charge in [-0.2, -0.15) is 0 Å². The number of rotatable bonds is 3. The first kappa shape index (κ1) is 13.5. The summed E-state index contributed by atoms with van der Waals surface area (Å²) in [7, 11) is 0. The zero-order valence-electron chi connectivity index (χ0n) is 11.5. The van der Waals surface area contributed by atoms with E-state index in [2.05, 4.69) is 10.3 Å². The molecule has 1 aromatic carbocycles. The number of hydrogen-bond donors (Lipinski definition) is 2. The number of nitrogens with one attached hydrogen (secondary N) is 1. The van der Waals surface area contributed by atoms with Crippen molar-refractivity contribution in [3.63, 3.8) is 0 Å². The second-order valence-electron chi connectivity index (χ2n) is 4.87. The number of nitrogens with zero attached hydrogens (tertiary/aromatic N) is 1. The van der Waals surface area contributed by atoms with Crippen molar-refractivity contribution in [1.29, 1.82) is 0 Å². The Balaban J connectivity index is 1.81. The summed E-state index contributed by atoms with van der Waals surface area (Å²) in [5.74, 6) is 6.35. The lowest BCUT2D eigenvalue weighted by Crippen LogP contribution is -2.29. The fourth-order valence-electron chi connectivity index (χ4n) is 2.42. The van der Waals surface area contributed by atoms with Crippen LogP contribution in [0, 0.1) is 0 Å². The third kappa shape index (κ3) is 2.85. The van der Waals surface area contributed by atoms with E-state index >= 15 is 0 Å². The number of fused-ring (bicyclic) bond motifs is 1. The average Bonchev–Trinajstić information content (AvgIpc) is 2.89. The van der Waals surface area contributed by atoms with Gasteiger partial charge in [-0.1, -0.05) is 12.1 Å². The summed E-state index contributed by atoms with van der Waals surface area (Å²) in [6.45, 7) is 2.15. The summed E-state index contributed by atoms with van der Waals surface area (Å²) < 4.78 is 11.2. The number of hydrogen-bond acceptors (Lipinski definition) is 5. The Morgan fingerprint density at radius 2 is 2.24 bits per heavy atom. The van der Waals surface area contributed by atoms with Crippen molar-refractivity contribution in [2.24, 2.45) is 5.84 Å². The van der Waals surface area contributed by atoms with Crippen LogP contribution in [0.25, 0.3) is 0 Å². The summed E-state index contributed by atoms with van der Waals surface area (Å²) in [6.07, 6.45) is 2.35. The molecule has 0 saturated carbocycles. The van der Waals surface area contributed by atoms with E-state index in [9.17, 15) is 4.79 Å². The van der Waals surface area contributed by atoms with E-state index in [0.29, 0.717) is 24.5 Å². The first-order valence-electron chi connectivity index (χ1n) is 6.83. The molecule has 6 heteroatoms. The maximum absolute atomic E-state index is 11.4. The van der Waals surface area contributed by atoms with Crippen molar-refractivity contribution >= 4 is 11.6 Å². The highest BCUT2D eigenvalue weighted by atomic mass is 16.5. The number of hydrazine groups is 1. The molecule has 3 rings (SSSR count). The van der Waals surface area contributed by atoms with Gasteiger partial charge in [-0.3, -0.25) is 10.2 Å². The minimum atomic E-state index is -0.357. The van der Waals surface area contributed by atoms with Crippen molar-refractivity contribution in [1.82, 2.24) is 5.43 Å². The summed E-state index contributed by atoms with van der Waals surface area (Å²) in [5, 5.41) is 0. The molecule has 0 unspecified atom stereocenters. The van der Waals surface area contributed by atoms with Crippen LogP contribution in [0.4, 0.5) is 5.69 Å². The van der Waals surface area contributed by atoms with Crippen molar-refractivity contribution in [2.45, 2.75) is 13.0 Å². The molecule has 0 saturated heterocycles. The molecule has 0 aliphatic carbocycles. The van der Waals surface area contributed by atoms with Crippen LogP contribution in [-0.4, -0.2) is 19.1 Å². The number of benzene rings is 1. The lowest BCUT2D eigenvalue weighted by atomic mass is 10.2. The molecular formula is C15H17N3O3. The highest BCUT2D eigenvalue weighted by molar-refractivity contribution is 5.93. The fraction of sp³-hybridized carbons (Fsp3) is 0.267. The maximum atomic E-state index is 11.4. The van der Waals surface area contributed by atoms with Gasteiger partial charge in [0.2, 0.25) is 0 Å². The highest BCUT2D eigenvalue weighted by Gasteiger charge is 2.18. The lowest BCUT2D eigenvalue weighted by molar-refractivity contribution is 0.0953. The van der Waals surface area contributed by atoms with Crippen molar-refractivity contribution < 1.29 is 13.9 Å². The van der Waals surface area contributed by atoms with E-state index < -0.39 is 0 Å². The number of carbonyl (C=O) groups excluding carboxylic acids is 1. The second kappa shape index (κ2) is 5.88. The van der Waals surface area contributed by atoms with Crippen LogP contribution in [0.5, 0.6) is 5.75 Å². The zero-order chi connectivity index (χ0) is 14.7. The van der Waals surface area contributed by atoms with Crippen LogP contribution in [-0.2, 0) is 6.54 Å². The van der Waals surface area contributed by atoms with Crippen molar-refractivity contribution in [3.8, 4) is 5.75 Å². The summed E-state index contributed by atoms with van der Waals surface area (Å²) in [5.41, 5.74) is 3.55. The molecule has 6 nitrogen and oxygen atoms in total. The van der Waals surface area contributed by atoms with E-state index in [-0.39, 0.29) is 5.91 Å². The van der Waals surface area contributed by atoms with Gasteiger partial charge in [0, 0.05) is 6.54 Å². The quantitative estimate of drug-likeness (QED) is 0.510. The third-order valence-corrected chi connectivity index (χ3v) is 3.43. The predicted molar refractivity (Wildman–Crippen MR) is 78.0 cm³/mol. The van der Waals surface area contributed by atoms with Gasteiger partial charge in [-0.15, -0.1) is 0 Å². The summed E-state index contributed by atoms with van der Waals surface area (Å²) >= 11 is 0. The van der Waals surface area contributed by atoms with Gasteiger partial charge in [0.15, 0.2) is 0 Å². The van der Waals surface area contributed by atoms with Crippen molar-refractivity contribution in [2.75, 3.05) is 18.1 Å². The van der Waals surface area contributed by atoms with E-state index in [0.717, 1.165) is 24.4 Å². The number of para-hydroxylation sites is 2. The summed E-state index contributed by atoms with van der Waals surface area (Å²) in [4.78, 5) is 13.6. The van der Waals surface area contributed by atoms with Gasteiger partial charge in [0.1, 0.15) is 17.8 Å². The molecule has 1 aliphatic heterocycles. The smallest absolute Gasteiger partial charge is 0.268 e. The Bertz CT molecular complexity index is 639. The van der Waals surface area contributed by atoms with Crippen LogP contribution < -0.4 is 20.9 Å². The first-order valence-corrected chi connectivity index (χ1v) is 6.83. The van der Waals surface area contributed by atoms with Gasteiger partial charge in [-0.05, 0) is 24.6 Å². The number of ether oxygens (including phenoxy) is 1. The van der Waals surface area contributed by atoms with Crippen LogP contribution >= 0.6 is 0 Å². The molecule has 110 valence electrons. The van der Waals surface area contributed by atoms with Crippen LogP contribution in [0.3, 0.4) is 0 Å². The largest absolute Gasteiger partial charge is 0.491 e. The molecule has 1 aromatic heterocycles. The Morgan fingerprint density at radius 1 is 1.38 bits per heavy atom. The molecule has 0 radical (unpaired) electrons. The fourth-order valence-corrected chi connectivity index (χ4v) is 2.42. The van der Waals surface area contributed by atoms with Crippen LogP contribution in [0.1, 0.15) is 22.5 Å². The second-order valence-corrected chi connectivity index (χ2v) is 4.87. The first-order chi connectivity index (χ1) is 10.3. The normalized spacial score (nSPS) is 14.0. The monoisotopic (exact) mass is 287 g/mol. The van der Waals surface area contributed by atoms with E-state index in [1.807, 2.05) is 24.3 Å². The molecule has 0 atom stereocenters. The Hall–Kier alpha value is -2.47. The zero-order valence-corrected chi connectivity index (χ0v) is 11.5. The third-order valence-electron chi connectivity index (χ3n) is 3.43. The molecule has 0 fully saturated rings. The minimum absolute atomic E-state index is 0.357. The van der Waals surface area contributed by atoms with E-state index in [1.54, 1.807) is 6.07 Å². The van der Waals surface area contributed by atoms with Crippen molar-refractivity contribution in [3.05, 3.63) is 47.9 Å². The van der Waals surface area contributed by atoms with Gasteiger partial charge in [0.25, 0.3) is 5.91 Å². The number of nitrogens with two attached hydrogens (primary N) is 1. The van der Waals surface area contributed by atoms with Gasteiger partial charge in [0.05, 0.1) is 24.4 Å². The van der Waals surface area contributed by atoms with Gasteiger partial charge in [-0.25, -0.2) is 5.84 Å². The Morgan fingerprint density at radius 3 is 3.10 bits per heavy atom. The molecule has 2 aromatic rings. The number of amides is 1. The van der Waals surface area contributed by atoms with E-state index in [4.69, 9.17) is 15.0 Å². The van der Waals surface area contributed by atoms with Gasteiger partial charge >= 0.3 is 0 Å². The van der Waals surface area contributed by atoms with E-state index in [1.165, 1.54) is 6.26 Å². The van der Waals surface area contributed by atoms with Gasteiger partial charge < -0.3 is 14.1 Å². The number of furan rings is 1. The number of carbonyl (C=O) groups is 1. The van der Waals surface area contributed by atoms with Crippen LogP contribution in [0.15, 0.2) is 41.0 Å². The Labute approximate surface area is 122 Å². The maximum Gasteiger partial charge on any atom is 0.268 e. The highest BCUT2D eigenvalue weighted by Crippen LogP contribution is 2.31. The number of nitrogen functional groups attached to an aromatic ring is 1. The molecule has 3 N–H and O–H groups in total. The lowest BCUT2D eigenvalue weighted by Gasteiger charge is -2.22. The van der Waals surface area contributed by atoms with Crippen LogP contribution in [0.2, 0.25) is 0 Å². The predicted octanol–water partition coefficient (Wildman–Crippen LogP) is 1.67. The molecular weight excluding hydrogens is 270 g/mol. The minimum Gasteiger partial charge on any atom is -0.491 e. The average molecular weight is 287 g/mol.